The Morgan fingerprint density at radius 3 is 2.51 bits per heavy atom. The summed E-state index contributed by atoms with van der Waals surface area (Å²) in [5, 5.41) is 5.80. The molecule has 35 heavy (non-hydrogen) atoms. The molecular weight excluding hydrogens is 454 g/mol. The zero-order valence-electron chi connectivity index (χ0n) is 19.3. The van der Waals surface area contributed by atoms with Gasteiger partial charge < -0.3 is 10.6 Å². The van der Waals surface area contributed by atoms with E-state index in [-0.39, 0.29) is 6.03 Å². The average Bonchev–Trinajstić information content (AvgIpc) is 2.90. The van der Waals surface area contributed by atoms with Gasteiger partial charge in [-0.3, -0.25) is 14.7 Å². The van der Waals surface area contributed by atoms with Crippen molar-refractivity contribution in [3.63, 3.8) is 0 Å². The maximum Gasteiger partial charge on any atom is 0.319 e. The lowest BCUT2D eigenvalue weighted by Gasteiger charge is -2.11. The number of anilines is 1. The molecule has 2 aromatic carbocycles. The van der Waals surface area contributed by atoms with Crippen LogP contribution in [0.5, 0.6) is 0 Å². The van der Waals surface area contributed by atoms with Gasteiger partial charge in [0, 0.05) is 53.0 Å². The Bertz CT molecular complexity index is 1320. The van der Waals surface area contributed by atoms with Crippen molar-refractivity contribution in [2.45, 2.75) is 11.3 Å². The molecule has 0 fully saturated rings. The minimum Gasteiger partial charge on any atom is -0.338 e. The van der Waals surface area contributed by atoms with E-state index in [0.29, 0.717) is 18.7 Å². The highest BCUT2D eigenvalue weighted by molar-refractivity contribution is 7.97. The minimum absolute atomic E-state index is 0.262. The number of amides is 2. The predicted molar refractivity (Wildman–Crippen MR) is 142 cm³/mol. The smallest absolute Gasteiger partial charge is 0.319 e. The second kappa shape index (κ2) is 12.4. The van der Waals surface area contributed by atoms with E-state index in [1.165, 1.54) is 0 Å². The summed E-state index contributed by atoms with van der Waals surface area (Å²) in [4.78, 5) is 21.8. The van der Waals surface area contributed by atoms with Crippen LogP contribution in [0.15, 0.2) is 96.4 Å². The maximum atomic E-state index is 12.4. The van der Waals surface area contributed by atoms with Crippen molar-refractivity contribution in [2.75, 3.05) is 18.9 Å². The monoisotopic (exact) mass is 479 g/mol. The number of hydrogen-bond acceptors (Lipinski definition) is 5. The van der Waals surface area contributed by atoms with Gasteiger partial charge in [-0.2, -0.15) is 0 Å². The molecule has 6 nitrogen and oxygen atoms in total. The summed E-state index contributed by atoms with van der Waals surface area (Å²) in [5.41, 5.74) is 5.47. The lowest BCUT2D eigenvalue weighted by Crippen LogP contribution is -2.30. The van der Waals surface area contributed by atoms with E-state index in [0.717, 1.165) is 32.7 Å². The van der Waals surface area contributed by atoms with Crippen molar-refractivity contribution in [3.8, 4) is 23.0 Å². The molecule has 0 aliphatic heterocycles. The van der Waals surface area contributed by atoms with Crippen LogP contribution < -0.4 is 15.4 Å². The van der Waals surface area contributed by atoms with Gasteiger partial charge in [0.1, 0.15) is 0 Å². The molecule has 0 bridgehead atoms. The summed E-state index contributed by atoms with van der Waals surface area (Å²) in [6.45, 7) is 0.515. The molecule has 4 rings (SSSR count). The number of benzene rings is 2. The lowest BCUT2D eigenvalue weighted by molar-refractivity contribution is 0.252. The van der Waals surface area contributed by atoms with Crippen LogP contribution in [-0.2, 0) is 6.42 Å². The molecule has 4 aromatic rings. The molecule has 2 heterocycles. The van der Waals surface area contributed by atoms with Gasteiger partial charge >= 0.3 is 6.03 Å². The quantitative estimate of drug-likeness (QED) is 0.253. The van der Waals surface area contributed by atoms with Gasteiger partial charge in [-0.1, -0.05) is 24.0 Å². The second-order valence-electron chi connectivity index (χ2n) is 7.57. The fourth-order valence-electron chi connectivity index (χ4n) is 3.41. The zero-order valence-corrected chi connectivity index (χ0v) is 20.1. The van der Waals surface area contributed by atoms with Crippen LogP contribution in [0.2, 0.25) is 0 Å². The Morgan fingerprint density at radius 1 is 0.943 bits per heavy atom. The third kappa shape index (κ3) is 7.18. The van der Waals surface area contributed by atoms with Gasteiger partial charge in [0.05, 0.1) is 0 Å². The molecule has 0 spiro atoms. The number of pyridine rings is 2. The highest BCUT2D eigenvalue weighted by Gasteiger charge is 2.08. The van der Waals surface area contributed by atoms with Crippen LogP contribution >= 0.6 is 11.9 Å². The SMILES string of the molecule is CNSc1ccc(C#Cc2cc(NC(=O)NCCc3cccnc3)ccc2-c2ccncc2)cc1. The molecule has 2 amide bonds. The first-order valence-electron chi connectivity index (χ1n) is 11.1. The molecule has 2 aromatic heterocycles. The van der Waals surface area contributed by atoms with Gasteiger partial charge in [-0.15, -0.1) is 0 Å². The van der Waals surface area contributed by atoms with Crippen molar-refractivity contribution >= 4 is 23.7 Å². The third-order valence-electron chi connectivity index (χ3n) is 5.11. The van der Waals surface area contributed by atoms with E-state index in [4.69, 9.17) is 0 Å². The molecule has 0 atom stereocenters. The summed E-state index contributed by atoms with van der Waals surface area (Å²) in [6.07, 6.45) is 7.76. The van der Waals surface area contributed by atoms with E-state index in [2.05, 4.69) is 37.2 Å². The number of aromatic nitrogens is 2. The summed E-state index contributed by atoms with van der Waals surface area (Å²) in [5.74, 6) is 6.53. The van der Waals surface area contributed by atoms with Crippen molar-refractivity contribution in [2.24, 2.45) is 0 Å². The molecule has 0 saturated carbocycles. The molecule has 0 radical (unpaired) electrons. The normalized spacial score (nSPS) is 10.2. The molecule has 0 aliphatic rings. The first kappa shape index (κ1) is 24.0. The van der Waals surface area contributed by atoms with Crippen LogP contribution in [0.3, 0.4) is 0 Å². The number of hydrogen-bond donors (Lipinski definition) is 3. The topological polar surface area (TPSA) is 78.9 Å². The van der Waals surface area contributed by atoms with Gasteiger partial charge in [-0.25, -0.2) is 4.79 Å². The molecule has 0 saturated heterocycles. The van der Waals surface area contributed by atoms with E-state index >= 15 is 0 Å². The predicted octanol–water partition coefficient (Wildman–Crippen LogP) is 5.13. The molecule has 3 N–H and O–H groups in total. The first-order valence-corrected chi connectivity index (χ1v) is 12.0. The molecule has 0 unspecified atom stereocenters. The van der Waals surface area contributed by atoms with Crippen LogP contribution in [0.1, 0.15) is 16.7 Å². The molecule has 7 heteroatoms. The van der Waals surface area contributed by atoms with Gasteiger partial charge in [0.25, 0.3) is 0 Å². The molecule has 174 valence electrons. The number of carbonyl (C=O) groups excluding carboxylic acids is 1. The van der Waals surface area contributed by atoms with Crippen LogP contribution in [0.25, 0.3) is 11.1 Å². The van der Waals surface area contributed by atoms with Crippen molar-refractivity contribution < 1.29 is 4.79 Å². The van der Waals surface area contributed by atoms with Crippen molar-refractivity contribution in [3.05, 3.63) is 108 Å². The zero-order chi connectivity index (χ0) is 24.3. The Balaban J connectivity index is 1.50. The van der Waals surface area contributed by atoms with Crippen LogP contribution in [-0.4, -0.2) is 29.6 Å². The first-order chi connectivity index (χ1) is 17.2. The number of urea groups is 1. The largest absolute Gasteiger partial charge is 0.338 e. The fourth-order valence-corrected chi connectivity index (χ4v) is 3.92. The van der Waals surface area contributed by atoms with Crippen LogP contribution in [0.4, 0.5) is 10.5 Å². The van der Waals surface area contributed by atoms with Gasteiger partial charge in [0.15, 0.2) is 0 Å². The Morgan fingerprint density at radius 2 is 1.77 bits per heavy atom. The van der Waals surface area contributed by atoms with Gasteiger partial charge in [0.2, 0.25) is 0 Å². The van der Waals surface area contributed by atoms with Crippen molar-refractivity contribution in [1.82, 2.24) is 20.0 Å². The van der Waals surface area contributed by atoms with E-state index in [9.17, 15) is 4.79 Å². The Kier molecular flexibility index (Phi) is 8.49. The number of nitrogens with zero attached hydrogens (tertiary/aromatic N) is 2. The summed E-state index contributed by atoms with van der Waals surface area (Å²) in [6, 6.07) is 21.3. The van der Waals surface area contributed by atoms with E-state index < -0.39 is 0 Å². The average molecular weight is 480 g/mol. The maximum absolute atomic E-state index is 12.4. The standard InChI is InChI=1S/C28H25N5OS/c1-29-35-26-9-5-21(6-10-26)4-7-24-19-25(8-11-27(24)23-13-16-30-17-14-23)33-28(34)32-18-12-22-3-2-15-31-20-22/h2-3,5-6,8-11,13-17,19-20,29H,12,18H2,1H3,(H2,32,33,34). The fraction of sp³-hybridized carbons (Fsp3) is 0.107. The van der Waals surface area contributed by atoms with Crippen LogP contribution in [0, 0.1) is 11.8 Å². The molecular formula is C28H25N5OS. The number of nitrogens with one attached hydrogen (secondary N) is 3. The number of rotatable bonds is 7. The number of carbonyl (C=O) groups is 1. The summed E-state index contributed by atoms with van der Waals surface area (Å²) >= 11 is 1.56. The summed E-state index contributed by atoms with van der Waals surface area (Å²) < 4.78 is 3.06. The lowest BCUT2D eigenvalue weighted by atomic mass is 10.00. The minimum atomic E-state index is -0.262. The third-order valence-corrected chi connectivity index (χ3v) is 5.82. The van der Waals surface area contributed by atoms with E-state index in [1.807, 2.05) is 73.8 Å². The Hall–Kier alpha value is -4.12. The second-order valence-corrected chi connectivity index (χ2v) is 8.65. The Labute approximate surface area is 209 Å². The molecule has 0 aliphatic carbocycles. The highest BCUT2D eigenvalue weighted by Crippen LogP contribution is 2.26. The van der Waals surface area contributed by atoms with Crippen molar-refractivity contribution in [1.29, 1.82) is 0 Å². The highest BCUT2D eigenvalue weighted by atomic mass is 32.2. The van der Waals surface area contributed by atoms with E-state index in [1.54, 1.807) is 36.7 Å². The summed E-state index contributed by atoms with van der Waals surface area (Å²) in [7, 11) is 1.89. The van der Waals surface area contributed by atoms with Gasteiger partial charge in [-0.05, 0) is 96.7 Å².